The van der Waals surface area contributed by atoms with Gasteiger partial charge >= 0.3 is 0 Å². The SMILES string of the molecule is [2H]c1c([2H])c2c(c([2H])c1Cl)N=C(N1CCN(C([2H])([2H])[2H])CC1)c1ccccc1N2. The molecule has 0 bridgehead atoms. The molecular formula is C18H19ClN4. The van der Waals surface area contributed by atoms with Crippen LogP contribution in [0.25, 0.3) is 0 Å². The number of rotatable bonds is 0. The van der Waals surface area contributed by atoms with Crippen LogP contribution < -0.4 is 5.32 Å². The van der Waals surface area contributed by atoms with Gasteiger partial charge in [-0.25, -0.2) is 4.99 Å². The molecule has 0 spiro atoms. The van der Waals surface area contributed by atoms with Gasteiger partial charge in [-0.2, -0.15) is 0 Å². The standard InChI is InChI=1S/C18H19ClN4/c1-22-8-10-23(11-9-22)18-14-4-2-3-5-15(14)20-16-7-6-13(19)12-17(16)21-18/h2-7,12,20H,8-11H2,1H3/i1D3,6D,7D,12D. The van der Waals surface area contributed by atoms with Crippen molar-refractivity contribution in [1.29, 1.82) is 0 Å². The van der Waals surface area contributed by atoms with E-state index in [1.54, 1.807) is 0 Å². The lowest BCUT2D eigenvalue weighted by molar-refractivity contribution is 0.216. The van der Waals surface area contributed by atoms with Crippen molar-refractivity contribution >= 4 is 34.5 Å². The molecule has 0 radical (unpaired) electrons. The summed E-state index contributed by atoms with van der Waals surface area (Å²) in [7, 11) is 0. The molecule has 2 aliphatic heterocycles. The highest BCUT2D eigenvalue weighted by molar-refractivity contribution is 6.31. The quantitative estimate of drug-likeness (QED) is 0.797. The highest BCUT2D eigenvalue weighted by atomic mass is 35.5. The van der Waals surface area contributed by atoms with Crippen molar-refractivity contribution in [3.8, 4) is 0 Å². The Balaban J connectivity index is 1.82. The number of nitrogens with zero attached hydrogens (tertiary/aromatic N) is 3. The van der Waals surface area contributed by atoms with Crippen molar-refractivity contribution in [1.82, 2.24) is 9.80 Å². The zero-order valence-corrected chi connectivity index (χ0v) is 13.1. The van der Waals surface area contributed by atoms with Crippen LogP contribution in [0.1, 0.15) is 13.8 Å². The van der Waals surface area contributed by atoms with Gasteiger partial charge in [-0.15, -0.1) is 0 Å². The smallest absolute Gasteiger partial charge is 0.138 e. The Morgan fingerprint density at radius 3 is 2.83 bits per heavy atom. The van der Waals surface area contributed by atoms with Crippen LogP contribution in [0.2, 0.25) is 5.02 Å². The highest BCUT2D eigenvalue weighted by Gasteiger charge is 2.23. The lowest BCUT2D eigenvalue weighted by Gasteiger charge is -2.34. The van der Waals surface area contributed by atoms with Gasteiger partial charge in [0.15, 0.2) is 0 Å². The summed E-state index contributed by atoms with van der Waals surface area (Å²) in [5.41, 5.74) is 1.97. The summed E-state index contributed by atoms with van der Waals surface area (Å²) in [5, 5.41) is 3.04. The molecule has 0 atom stereocenters. The van der Waals surface area contributed by atoms with Crippen LogP contribution in [0, 0.1) is 0 Å². The van der Waals surface area contributed by atoms with Crippen LogP contribution in [0.4, 0.5) is 17.1 Å². The normalized spacial score (nSPS) is 22.0. The molecule has 0 aliphatic carbocycles. The van der Waals surface area contributed by atoms with Crippen molar-refractivity contribution < 1.29 is 8.22 Å². The second kappa shape index (κ2) is 5.87. The largest absolute Gasteiger partial charge is 0.353 e. The molecule has 4 rings (SSSR count). The first kappa shape index (κ1) is 9.30. The maximum atomic E-state index is 8.35. The van der Waals surface area contributed by atoms with E-state index in [0.29, 0.717) is 37.7 Å². The second-order valence-corrected chi connectivity index (χ2v) is 5.87. The Morgan fingerprint density at radius 2 is 2.00 bits per heavy atom. The fraction of sp³-hybridized carbons (Fsp3) is 0.278. The van der Waals surface area contributed by atoms with E-state index in [1.165, 1.54) is 4.90 Å². The minimum Gasteiger partial charge on any atom is -0.353 e. The van der Waals surface area contributed by atoms with E-state index in [9.17, 15) is 0 Å². The lowest BCUT2D eigenvalue weighted by atomic mass is 10.1. The summed E-state index contributed by atoms with van der Waals surface area (Å²) in [5.74, 6) is 0.596. The van der Waals surface area contributed by atoms with E-state index in [0.717, 1.165) is 5.56 Å². The molecule has 0 amide bonds. The number of aliphatic imine (C=N–C) groups is 1. The summed E-state index contributed by atoms with van der Waals surface area (Å²) < 4.78 is 47.5. The molecule has 5 heteroatoms. The molecule has 2 aromatic carbocycles. The predicted molar refractivity (Wildman–Crippen MR) is 96.4 cm³/mol. The molecule has 0 saturated carbocycles. The lowest BCUT2D eigenvalue weighted by Crippen LogP contribution is -2.47. The fourth-order valence-electron chi connectivity index (χ4n) is 2.80. The average molecular weight is 333 g/mol. The number of para-hydroxylation sites is 1. The minimum absolute atomic E-state index is 0.110. The molecule has 2 aromatic rings. The zero-order valence-electron chi connectivity index (χ0n) is 18.4. The Bertz CT molecular complexity index is 999. The summed E-state index contributed by atoms with van der Waals surface area (Å²) in [6.45, 7) is -0.474. The summed E-state index contributed by atoms with van der Waals surface area (Å²) in [6.07, 6.45) is 0. The Hall–Kier alpha value is -2.04. The molecule has 0 unspecified atom stereocenters. The third-order valence-corrected chi connectivity index (χ3v) is 4.18. The van der Waals surface area contributed by atoms with Gasteiger partial charge in [-0.3, -0.25) is 0 Å². The van der Waals surface area contributed by atoms with E-state index in [1.807, 2.05) is 29.2 Å². The molecule has 1 fully saturated rings. The molecule has 4 nitrogen and oxygen atoms in total. The van der Waals surface area contributed by atoms with Crippen LogP contribution >= 0.6 is 11.6 Å². The average Bonchev–Trinajstić information content (AvgIpc) is 2.87. The molecule has 2 heterocycles. The van der Waals surface area contributed by atoms with Crippen molar-refractivity contribution in [2.45, 2.75) is 0 Å². The molecule has 1 N–H and O–H groups in total. The zero-order chi connectivity index (χ0) is 20.9. The van der Waals surface area contributed by atoms with E-state index in [-0.39, 0.29) is 34.5 Å². The maximum absolute atomic E-state index is 8.35. The first-order chi connectivity index (χ1) is 13.7. The van der Waals surface area contributed by atoms with Gasteiger partial charge in [-0.1, -0.05) is 23.7 Å². The maximum Gasteiger partial charge on any atom is 0.138 e. The van der Waals surface area contributed by atoms with Gasteiger partial charge in [0.2, 0.25) is 0 Å². The van der Waals surface area contributed by atoms with Gasteiger partial charge in [0.05, 0.1) is 15.5 Å². The number of benzene rings is 2. The van der Waals surface area contributed by atoms with Crippen molar-refractivity contribution in [3.63, 3.8) is 0 Å². The van der Waals surface area contributed by atoms with E-state index >= 15 is 0 Å². The Morgan fingerprint density at radius 1 is 1.17 bits per heavy atom. The number of likely N-dealkylation sites (N-methyl/N-ethyl adjacent to an activating group) is 1. The fourth-order valence-corrected chi connectivity index (χ4v) is 2.93. The summed E-state index contributed by atoms with van der Waals surface area (Å²) >= 11 is 6.11. The third kappa shape index (κ3) is 2.80. The van der Waals surface area contributed by atoms with Gasteiger partial charge < -0.3 is 15.1 Å². The number of amidine groups is 1. The molecule has 0 aromatic heterocycles. The van der Waals surface area contributed by atoms with Gasteiger partial charge in [0.1, 0.15) is 5.84 Å². The number of halogens is 1. The summed E-state index contributed by atoms with van der Waals surface area (Å²) in [4.78, 5) is 8.15. The minimum atomic E-state index is -2.13. The first-order valence-electron chi connectivity index (χ1n) is 10.4. The van der Waals surface area contributed by atoms with Crippen molar-refractivity contribution in [2.75, 3.05) is 38.5 Å². The molecule has 118 valence electrons. The topological polar surface area (TPSA) is 30.9 Å². The summed E-state index contributed by atoms with van der Waals surface area (Å²) in [6, 6.07) is 7.01. The molecular weight excluding hydrogens is 308 g/mol. The van der Waals surface area contributed by atoms with Gasteiger partial charge in [0.25, 0.3) is 0 Å². The Labute approximate surface area is 149 Å². The first-order valence-corrected chi connectivity index (χ1v) is 7.80. The second-order valence-electron chi connectivity index (χ2n) is 5.49. The molecule has 23 heavy (non-hydrogen) atoms. The van der Waals surface area contributed by atoms with E-state index in [2.05, 4.69) is 5.32 Å². The van der Waals surface area contributed by atoms with E-state index in [4.69, 9.17) is 24.8 Å². The third-order valence-electron chi connectivity index (χ3n) is 3.99. The van der Waals surface area contributed by atoms with Gasteiger partial charge in [0, 0.05) is 46.6 Å². The van der Waals surface area contributed by atoms with Crippen molar-refractivity contribution in [3.05, 3.63) is 53.0 Å². The number of piperazine rings is 1. The highest BCUT2D eigenvalue weighted by Crippen LogP contribution is 2.36. The molecule has 2 aliphatic rings. The predicted octanol–water partition coefficient (Wildman–Crippen LogP) is 3.72. The number of anilines is 2. The number of hydrogen-bond acceptors (Lipinski definition) is 4. The van der Waals surface area contributed by atoms with Crippen molar-refractivity contribution in [2.24, 2.45) is 4.99 Å². The van der Waals surface area contributed by atoms with E-state index < -0.39 is 6.98 Å². The number of nitrogens with one attached hydrogen (secondary N) is 1. The van der Waals surface area contributed by atoms with Crippen LogP contribution in [0.5, 0.6) is 0 Å². The van der Waals surface area contributed by atoms with Crippen LogP contribution in [0.15, 0.2) is 47.4 Å². The van der Waals surface area contributed by atoms with Crippen LogP contribution in [0.3, 0.4) is 0 Å². The number of fused-ring (bicyclic) bond motifs is 2. The molecule has 1 saturated heterocycles. The Kier molecular flexibility index (Phi) is 2.37. The monoisotopic (exact) mass is 332 g/mol. The van der Waals surface area contributed by atoms with Crippen LogP contribution in [-0.4, -0.2) is 48.8 Å². The number of hydrogen-bond donors (Lipinski definition) is 1. The van der Waals surface area contributed by atoms with Gasteiger partial charge in [-0.05, 0) is 37.2 Å². The van der Waals surface area contributed by atoms with Crippen LogP contribution in [-0.2, 0) is 0 Å².